The van der Waals surface area contributed by atoms with E-state index in [0.29, 0.717) is 24.5 Å². The largest absolute Gasteiger partial charge is 0.481 e. The minimum absolute atomic E-state index is 0.0274. The van der Waals surface area contributed by atoms with Gasteiger partial charge in [0.15, 0.2) is 6.10 Å². The number of anilines is 1. The lowest BCUT2D eigenvalue weighted by atomic mass is 10.2. The fourth-order valence-electron chi connectivity index (χ4n) is 2.46. The number of carbonyl (C=O) groups is 1. The normalized spacial score (nSPS) is 17.4. The predicted octanol–water partition coefficient (Wildman–Crippen LogP) is 0.624. The van der Waals surface area contributed by atoms with Crippen molar-refractivity contribution >= 4 is 21.6 Å². The molecule has 7 nitrogen and oxygen atoms in total. The Balaban J connectivity index is 1.96. The first-order valence-electron chi connectivity index (χ1n) is 7.86. The molecule has 8 heteroatoms. The van der Waals surface area contributed by atoms with Crippen molar-refractivity contribution in [2.45, 2.75) is 13.0 Å². The van der Waals surface area contributed by atoms with Crippen molar-refractivity contribution in [2.24, 2.45) is 0 Å². The lowest BCUT2D eigenvalue weighted by Gasteiger charge is -2.33. The second-order valence-electron chi connectivity index (χ2n) is 6.11. The van der Waals surface area contributed by atoms with Crippen molar-refractivity contribution in [3.8, 4) is 5.75 Å². The number of carbonyl (C=O) groups excluding carboxylic acids is 1. The number of amides is 1. The predicted molar refractivity (Wildman–Crippen MR) is 93.9 cm³/mol. The third kappa shape index (κ3) is 4.61. The molecule has 0 bridgehead atoms. The van der Waals surface area contributed by atoms with Crippen molar-refractivity contribution in [3.63, 3.8) is 0 Å². The fraction of sp³-hybridized carbons (Fsp3) is 0.562. The first-order chi connectivity index (χ1) is 11.2. The Hall–Kier alpha value is -1.80. The third-order valence-corrected chi connectivity index (χ3v) is 5.38. The average molecular weight is 355 g/mol. The Morgan fingerprint density at radius 3 is 2.21 bits per heavy atom. The van der Waals surface area contributed by atoms with Gasteiger partial charge in [0, 0.05) is 33.2 Å². The molecule has 0 N–H and O–H groups in total. The van der Waals surface area contributed by atoms with Crippen molar-refractivity contribution < 1.29 is 17.9 Å². The van der Waals surface area contributed by atoms with Gasteiger partial charge in [0.25, 0.3) is 5.91 Å². The van der Waals surface area contributed by atoms with E-state index in [4.69, 9.17) is 4.74 Å². The van der Waals surface area contributed by atoms with Crippen LogP contribution in [-0.2, 0) is 14.8 Å². The van der Waals surface area contributed by atoms with E-state index in [9.17, 15) is 13.2 Å². The number of rotatable bonds is 5. The van der Waals surface area contributed by atoms with Crippen LogP contribution in [0.1, 0.15) is 6.92 Å². The first kappa shape index (κ1) is 18.5. The van der Waals surface area contributed by atoms with E-state index in [1.807, 2.05) is 11.9 Å². The maximum Gasteiger partial charge on any atom is 0.263 e. The molecule has 1 aliphatic rings. The van der Waals surface area contributed by atoms with Gasteiger partial charge in [-0.05, 0) is 38.2 Å². The standard InChI is InChI=1S/C16H25N3O4S/c1-13(16(20)19-11-9-17(2)10-12-19)23-15-7-5-14(6-8-15)18(3)24(4,21)22/h5-8,13H,9-12H2,1-4H3. The number of ether oxygens (including phenoxy) is 1. The minimum Gasteiger partial charge on any atom is -0.481 e. The Morgan fingerprint density at radius 1 is 1.17 bits per heavy atom. The van der Waals surface area contributed by atoms with Crippen LogP contribution in [0.4, 0.5) is 5.69 Å². The van der Waals surface area contributed by atoms with Crippen molar-refractivity contribution in [1.29, 1.82) is 0 Å². The number of piperazine rings is 1. The van der Waals surface area contributed by atoms with E-state index in [2.05, 4.69) is 4.90 Å². The summed E-state index contributed by atoms with van der Waals surface area (Å²) in [7, 11) is 0.233. The molecule has 1 saturated heterocycles. The molecule has 1 aliphatic heterocycles. The minimum atomic E-state index is -3.30. The third-order valence-electron chi connectivity index (χ3n) is 4.17. The van der Waals surface area contributed by atoms with E-state index in [1.165, 1.54) is 11.4 Å². The van der Waals surface area contributed by atoms with Crippen molar-refractivity contribution in [2.75, 3.05) is 50.8 Å². The molecule has 0 radical (unpaired) electrons. The van der Waals surface area contributed by atoms with Gasteiger partial charge < -0.3 is 14.5 Å². The highest BCUT2D eigenvalue weighted by Gasteiger charge is 2.25. The maximum atomic E-state index is 12.4. The molecule has 1 aromatic carbocycles. The zero-order valence-corrected chi connectivity index (χ0v) is 15.4. The summed E-state index contributed by atoms with van der Waals surface area (Å²) in [6.45, 7) is 4.88. The van der Waals surface area contributed by atoms with Gasteiger partial charge >= 0.3 is 0 Å². The quantitative estimate of drug-likeness (QED) is 0.775. The van der Waals surface area contributed by atoms with Gasteiger partial charge in [-0.1, -0.05) is 0 Å². The molecule has 1 fully saturated rings. The first-order valence-corrected chi connectivity index (χ1v) is 9.71. The summed E-state index contributed by atoms with van der Waals surface area (Å²) < 4.78 is 29.9. The van der Waals surface area contributed by atoms with Gasteiger partial charge in [-0.25, -0.2) is 8.42 Å². The molecule has 1 unspecified atom stereocenters. The monoisotopic (exact) mass is 355 g/mol. The molecule has 0 aromatic heterocycles. The van der Waals surface area contributed by atoms with Crippen molar-refractivity contribution in [3.05, 3.63) is 24.3 Å². The summed E-state index contributed by atoms with van der Waals surface area (Å²) in [5, 5.41) is 0. The number of sulfonamides is 1. The van der Waals surface area contributed by atoms with E-state index in [0.717, 1.165) is 19.3 Å². The fourth-order valence-corrected chi connectivity index (χ4v) is 2.97. The van der Waals surface area contributed by atoms with Crippen LogP contribution < -0.4 is 9.04 Å². The molecule has 0 saturated carbocycles. The highest BCUT2D eigenvalue weighted by molar-refractivity contribution is 7.92. The molecule has 134 valence electrons. The molecule has 1 aromatic rings. The molecule has 1 atom stereocenters. The van der Waals surface area contributed by atoms with Crippen LogP contribution in [0, 0.1) is 0 Å². The summed E-state index contributed by atoms with van der Waals surface area (Å²) in [5.41, 5.74) is 0.544. The Labute approximate surface area is 143 Å². The molecular weight excluding hydrogens is 330 g/mol. The lowest BCUT2D eigenvalue weighted by molar-refractivity contribution is -0.139. The van der Waals surface area contributed by atoms with Crippen molar-refractivity contribution in [1.82, 2.24) is 9.80 Å². The Bertz CT molecular complexity index is 667. The maximum absolute atomic E-state index is 12.4. The molecule has 2 rings (SSSR count). The van der Waals surface area contributed by atoms with E-state index < -0.39 is 16.1 Å². The van der Waals surface area contributed by atoms with Crippen LogP contribution in [0.2, 0.25) is 0 Å². The molecule has 0 spiro atoms. The SMILES string of the molecule is CC(Oc1ccc(N(C)S(C)(=O)=O)cc1)C(=O)N1CCN(C)CC1. The van der Waals surface area contributed by atoms with Crippen LogP contribution in [0.3, 0.4) is 0 Å². The van der Waals surface area contributed by atoms with Gasteiger partial charge in [0.2, 0.25) is 10.0 Å². The number of hydrogen-bond donors (Lipinski definition) is 0. The van der Waals surface area contributed by atoms with Gasteiger partial charge in [-0.3, -0.25) is 9.10 Å². The molecule has 0 aliphatic carbocycles. The van der Waals surface area contributed by atoms with Crippen LogP contribution in [0.5, 0.6) is 5.75 Å². The Morgan fingerprint density at radius 2 is 1.71 bits per heavy atom. The van der Waals surface area contributed by atoms with Crippen LogP contribution in [0.25, 0.3) is 0 Å². The number of hydrogen-bond acceptors (Lipinski definition) is 5. The van der Waals surface area contributed by atoms with Gasteiger partial charge in [0.05, 0.1) is 11.9 Å². The van der Waals surface area contributed by atoms with Gasteiger partial charge in [-0.2, -0.15) is 0 Å². The summed E-state index contributed by atoms with van der Waals surface area (Å²) in [5.74, 6) is 0.510. The van der Waals surface area contributed by atoms with E-state index in [1.54, 1.807) is 31.2 Å². The van der Waals surface area contributed by atoms with E-state index >= 15 is 0 Å². The molecule has 1 heterocycles. The zero-order valence-electron chi connectivity index (χ0n) is 14.6. The summed E-state index contributed by atoms with van der Waals surface area (Å²) in [4.78, 5) is 16.4. The van der Waals surface area contributed by atoms with Crippen LogP contribution >= 0.6 is 0 Å². The molecule has 1 amide bonds. The second kappa shape index (κ2) is 7.40. The highest BCUT2D eigenvalue weighted by Crippen LogP contribution is 2.21. The average Bonchev–Trinajstić information content (AvgIpc) is 2.54. The topological polar surface area (TPSA) is 70.2 Å². The molecule has 24 heavy (non-hydrogen) atoms. The Kier molecular flexibility index (Phi) is 5.71. The van der Waals surface area contributed by atoms with E-state index in [-0.39, 0.29) is 5.91 Å². The van der Waals surface area contributed by atoms with Crippen LogP contribution in [0.15, 0.2) is 24.3 Å². The molecular formula is C16H25N3O4S. The smallest absolute Gasteiger partial charge is 0.263 e. The number of nitrogens with zero attached hydrogens (tertiary/aromatic N) is 3. The summed E-state index contributed by atoms with van der Waals surface area (Å²) in [6.07, 6.45) is 0.570. The summed E-state index contributed by atoms with van der Waals surface area (Å²) in [6, 6.07) is 6.66. The second-order valence-corrected chi connectivity index (χ2v) is 8.13. The number of benzene rings is 1. The highest BCUT2D eigenvalue weighted by atomic mass is 32.2. The number of likely N-dealkylation sites (N-methyl/N-ethyl adjacent to an activating group) is 1. The summed E-state index contributed by atoms with van der Waals surface area (Å²) >= 11 is 0. The zero-order chi connectivity index (χ0) is 17.9. The van der Waals surface area contributed by atoms with Gasteiger partial charge in [0.1, 0.15) is 5.75 Å². The lowest BCUT2D eigenvalue weighted by Crippen LogP contribution is -2.50. The van der Waals surface area contributed by atoms with Crippen LogP contribution in [-0.4, -0.2) is 76.8 Å². The van der Waals surface area contributed by atoms with Gasteiger partial charge in [-0.15, -0.1) is 0 Å².